The van der Waals surface area contributed by atoms with Crippen molar-refractivity contribution in [2.24, 2.45) is 0 Å². The van der Waals surface area contributed by atoms with Crippen LogP contribution in [-0.2, 0) is 0 Å². The molecule has 2 aliphatic rings. The molecule has 0 N–H and O–H groups in total. The third-order valence-corrected chi connectivity index (χ3v) is 6.29. The molecule has 0 aliphatic carbocycles. The topological polar surface area (TPSA) is 78.4 Å². The predicted molar refractivity (Wildman–Crippen MR) is 120 cm³/mol. The van der Waals surface area contributed by atoms with Crippen LogP contribution in [0.3, 0.4) is 0 Å². The molecule has 1 aromatic carbocycles. The molecule has 4 heterocycles. The number of aromatic nitrogens is 4. The molecule has 8 heteroatoms. The highest BCUT2D eigenvalue weighted by atomic mass is 16.2. The van der Waals surface area contributed by atoms with Crippen LogP contribution >= 0.6 is 0 Å². The van der Waals surface area contributed by atoms with Gasteiger partial charge in [0.2, 0.25) is 0 Å². The second kappa shape index (κ2) is 8.45. The number of piperidine rings is 1. The number of piperazine rings is 1. The molecular formula is C23H27N7O. The van der Waals surface area contributed by atoms with Gasteiger partial charge in [-0.05, 0) is 50.5 Å². The van der Waals surface area contributed by atoms with E-state index in [0.717, 1.165) is 42.3 Å². The molecule has 0 radical (unpaired) electrons. The summed E-state index contributed by atoms with van der Waals surface area (Å²) < 4.78 is 0. The minimum absolute atomic E-state index is 0.0709. The Balaban J connectivity index is 1.22. The average Bonchev–Trinajstić information content (AvgIpc) is 2.84. The first-order valence-electron chi connectivity index (χ1n) is 11.1. The zero-order chi connectivity index (χ0) is 21.2. The van der Waals surface area contributed by atoms with E-state index in [1.807, 2.05) is 29.2 Å². The van der Waals surface area contributed by atoms with Gasteiger partial charge in [-0.1, -0.05) is 12.1 Å². The van der Waals surface area contributed by atoms with E-state index in [1.165, 1.54) is 19.3 Å². The van der Waals surface area contributed by atoms with Crippen molar-refractivity contribution in [2.75, 3.05) is 42.5 Å². The van der Waals surface area contributed by atoms with E-state index in [9.17, 15) is 4.79 Å². The van der Waals surface area contributed by atoms with E-state index < -0.39 is 0 Å². The van der Waals surface area contributed by atoms with Gasteiger partial charge in [0, 0.05) is 38.8 Å². The van der Waals surface area contributed by atoms with Crippen molar-refractivity contribution >= 4 is 28.6 Å². The van der Waals surface area contributed by atoms with Gasteiger partial charge in [0.1, 0.15) is 5.69 Å². The minimum atomic E-state index is -0.0709. The number of hydrogen-bond donors (Lipinski definition) is 0. The standard InChI is InChI=1S/C23H27N7O/c1-17-6-4-5-11-30(17)22-10-9-21(26-27-22)28-12-14-29(15-13-28)23(31)20-16-24-18-7-2-3-8-19(18)25-20/h2-3,7-10,16-17H,4-6,11-15H2,1H3. The fourth-order valence-electron chi connectivity index (χ4n) is 4.44. The highest BCUT2D eigenvalue weighted by Gasteiger charge is 2.25. The van der Waals surface area contributed by atoms with Gasteiger partial charge in [-0.2, -0.15) is 0 Å². The highest BCUT2D eigenvalue weighted by molar-refractivity contribution is 5.94. The molecule has 3 aromatic rings. The number of anilines is 2. The molecule has 1 amide bonds. The Hall–Kier alpha value is -3.29. The number of amides is 1. The highest BCUT2D eigenvalue weighted by Crippen LogP contribution is 2.24. The third-order valence-electron chi connectivity index (χ3n) is 6.29. The molecule has 8 nitrogen and oxygen atoms in total. The number of carbonyl (C=O) groups is 1. The first-order chi connectivity index (χ1) is 15.2. The third kappa shape index (κ3) is 4.02. The zero-order valence-electron chi connectivity index (χ0n) is 17.8. The SMILES string of the molecule is CC1CCCCN1c1ccc(N2CCN(C(=O)c3cnc4ccccc4n3)CC2)nn1. The van der Waals surface area contributed by atoms with E-state index in [2.05, 4.69) is 49.0 Å². The average molecular weight is 418 g/mol. The van der Waals surface area contributed by atoms with Crippen molar-refractivity contribution in [2.45, 2.75) is 32.2 Å². The smallest absolute Gasteiger partial charge is 0.274 e. The number of fused-ring (bicyclic) bond motifs is 1. The van der Waals surface area contributed by atoms with Gasteiger partial charge in [0.05, 0.1) is 17.2 Å². The van der Waals surface area contributed by atoms with Crippen molar-refractivity contribution in [1.29, 1.82) is 0 Å². The molecule has 0 bridgehead atoms. The van der Waals surface area contributed by atoms with Gasteiger partial charge in [-0.25, -0.2) is 4.98 Å². The summed E-state index contributed by atoms with van der Waals surface area (Å²) in [6.07, 6.45) is 5.28. The van der Waals surface area contributed by atoms with E-state index >= 15 is 0 Å². The van der Waals surface area contributed by atoms with Crippen LogP contribution in [0.5, 0.6) is 0 Å². The first-order valence-corrected chi connectivity index (χ1v) is 11.1. The molecule has 2 aromatic heterocycles. The quantitative estimate of drug-likeness (QED) is 0.648. The van der Waals surface area contributed by atoms with Crippen LogP contribution in [0.15, 0.2) is 42.6 Å². The predicted octanol–water partition coefficient (Wildman–Crippen LogP) is 2.76. The molecule has 1 unspecified atom stereocenters. The first kappa shape index (κ1) is 19.7. The lowest BCUT2D eigenvalue weighted by Crippen LogP contribution is -2.49. The summed E-state index contributed by atoms with van der Waals surface area (Å²) in [6, 6.07) is 12.2. The summed E-state index contributed by atoms with van der Waals surface area (Å²) >= 11 is 0. The Labute approximate surface area is 181 Å². The van der Waals surface area contributed by atoms with Gasteiger partial charge in [0.15, 0.2) is 11.6 Å². The van der Waals surface area contributed by atoms with Crippen LogP contribution in [0.25, 0.3) is 11.0 Å². The number of benzene rings is 1. The molecule has 2 fully saturated rings. The molecule has 2 aliphatic heterocycles. The number of carbonyl (C=O) groups excluding carboxylic acids is 1. The molecule has 1 atom stereocenters. The van der Waals surface area contributed by atoms with E-state index in [1.54, 1.807) is 6.20 Å². The second-order valence-electron chi connectivity index (χ2n) is 8.31. The summed E-state index contributed by atoms with van der Waals surface area (Å²) in [7, 11) is 0. The number of nitrogens with zero attached hydrogens (tertiary/aromatic N) is 7. The Morgan fingerprint density at radius 2 is 1.65 bits per heavy atom. The minimum Gasteiger partial charge on any atom is -0.352 e. The van der Waals surface area contributed by atoms with Gasteiger partial charge in [-0.3, -0.25) is 9.78 Å². The monoisotopic (exact) mass is 417 g/mol. The number of rotatable bonds is 3. The van der Waals surface area contributed by atoms with Crippen LogP contribution in [0.2, 0.25) is 0 Å². The van der Waals surface area contributed by atoms with Crippen LogP contribution in [0.1, 0.15) is 36.7 Å². The molecule has 5 rings (SSSR count). The van der Waals surface area contributed by atoms with Crippen LogP contribution in [0.4, 0.5) is 11.6 Å². The molecular weight excluding hydrogens is 390 g/mol. The summed E-state index contributed by atoms with van der Waals surface area (Å²) in [6.45, 7) is 6.00. The normalized spacial score (nSPS) is 19.6. The fraction of sp³-hybridized carbons (Fsp3) is 0.435. The summed E-state index contributed by atoms with van der Waals surface area (Å²) in [4.78, 5) is 28.1. The van der Waals surface area contributed by atoms with Gasteiger partial charge >= 0.3 is 0 Å². The van der Waals surface area contributed by atoms with Gasteiger partial charge < -0.3 is 14.7 Å². The summed E-state index contributed by atoms with van der Waals surface area (Å²) in [5.74, 6) is 1.75. The van der Waals surface area contributed by atoms with E-state index in [-0.39, 0.29) is 5.91 Å². The molecule has 2 saturated heterocycles. The van der Waals surface area contributed by atoms with Crippen molar-refractivity contribution < 1.29 is 4.79 Å². The lowest BCUT2D eigenvalue weighted by Gasteiger charge is -2.36. The molecule has 0 spiro atoms. The molecule has 0 saturated carbocycles. The Kier molecular flexibility index (Phi) is 5.36. The Morgan fingerprint density at radius 3 is 2.39 bits per heavy atom. The summed E-state index contributed by atoms with van der Waals surface area (Å²) in [5, 5.41) is 8.98. The van der Waals surface area contributed by atoms with Crippen molar-refractivity contribution in [3.63, 3.8) is 0 Å². The van der Waals surface area contributed by atoms with Crippen molar-refractivity contribution in [3.05, 3.63) is 48.3 Å². The number of hydrogen-bond acceptors (Lipinski definition) is 7. The van der Waals surface area contributed by atoms with Crippen molar-refractivity contribution in [3.8, 4) is 0 Å². The van der Waals surface area contributed by atoms with Crippen LogP contribution < -0.4 is 9.80 Å². The Bertz CT molecular complexity index is 1060. The van der Waals surface area contributed by atoms with E-state index in [0.29, 0.717) is 24.8 Å². The maximum absolute atomic E-state index is 12.9. The lowest BCUT2D eigenvalue weighted by molar-refractivity contribution is 0.0740. The maximum Gasteiger partial charge on any atom is 0.274 e. The Morgan fingerprint density at radius 1 is 0.903 bits per heavy atom. The maximum atomic E-state index is 12.9. The second-order valence-corrected chi connectivity index (χ2v) is 8.31. The van der Waals surface area contributed by atoms with Crippen LogP contribution in [-0.4, -0.2) is 69.7 Å². The van der Waals surface area contributed by atoms with Crippen molar-refractivity contribution in [1.82, 2.24) is 25.1 Å². The van der Waals surface area contributed by atoms with Gasteiger partial charge in [-0.15, -0.1) is 10.2 Å². The zero-order valence-corrected chi connectivity index (χ0v) is 17.8. The lowest BCUT2D eigenvalue weighted by atomic mass is 10.0. The molecule has 31 heavy (non-hydrogen) atoms. The summed E-state index contributed by atoms with van der Waals surface area (Å²) in [5.41, 5.74) is 1.93. The van der Waals surface area contributed by atoms with Crippen LogP contribution in [0, 0.1) is 0 Å². The van der Waals surface area contributed by atoms with E-state index in [4.69, 9.17) is 0 Å². The fourth-order valence-corrected chi connectivity index (χ4v) is 4.44. The number of para-hydroxylation sites is 2. The van der Waals surface area contributed by atoms with Gasteiger partial charge in [0.25, 0.3) is 5.91 Å². The molecule has 160 valence electrons. The largest absolute Gasteiger partial charge is 0.352 e.